The topological polar surface area (TPSA) is 248 Å². The van der Waals surface area contributed by atoms with E-state index >= 15 is 0 Å². The first-order chi connectivity index (χ1) is 20.9. The molecule has 4 heterocycles. The number of aromatic hydroxyl groups is 2. The molecule has 22 heteroatoms. The van der Waals surface area contributed by atoms with Gasteiger partial charge in [0.1, 0.15) is 22.1 Å². The van der Waals surface area contributed by atoms with Crippen LogP contribution >= 0.6 is 57.8 Å². The Hall–Kier alpha value is -2.04. The maximum Gasteiger partial charge on any atom is 1.00 e. The number of carbonyl (C=O) groups is 4. The number of anilines is 1. The number of thioether (sulfide) groups is 2. The molecule has 1 saturated heterocycles. The number of carbonyl (C=O) groups excluding carboxylic acids is 4. The number of thiazole rings is 1. The van der Waals surface area contributed by atoms with Crippen LogP contribution in [0, 0.1) is 0 Å². The Bertz CT molecular complexity index is 1870. The molecule has 0 radical (unpaired) electrons. The molecule has 5 rings (SSSR count). The number of halogens is 1. The number of amides is 2. The third-order valence-electron chi connectivity index (χ3n) is 6.13. The smallest absolute Gasteiger partial charge is 0.546 e. The SMILES string of the molecule is Nc1nc(/C(=N/OCC(=O)[O-])C(=O)N[C@@H]2C(=O)N3C(C(=O)[O-])=C(CSc4cc(=O)c5cc(O)c(O)c(Cl)c5s4)CS[C@@H]23)cs1.[Na+].[Na+]. The number of nitrogen functional groups attached to an aromatic ring is 1. The van der Waals surface area contributed by atoms with Crippen LogP contribution in [0.3, 0.4) is 0 Å². The van der Waals surface area contributed by atoms with Crippen LogP contribution in [0.1, 0.15) is 5.69 Å². The number of rotatable bonds is 10. The van der Waals surface area contributed by atoms with Gasteiger partial charge in [0.25, 0.3) is 11.8 Å². The molecule has 15 nitrogen and oxygen atoms in total. The van der Waals surface area contributed by atoms with Crippen LogP contribution < -0.4 is 85.8 Å². The van der Waals surface area contributed by atoms with Gasteiger partial charge >= 0.3 is 59.1 Å². The monoisotopic (exact) mass is 743 g/mol. The van der Waals surface area contributed by atoms with Gasteiger partial charge in [-0.1, -0.05) is 16.8 Å². The van der Waals surface area contributed by atoms with Gasteiger partial charge in [0.2, 0.25) is 0 Å². The largest absolute Gasteiger partial charge is 1.00 e. The number of nitrogens with one attached hydrogen (secondary N) is 1. The molecule has 5 N–H and O–H groups in total. The second-order valence-electron chi connectivity index (χ2n) is 8.91. The fourth-order valence-corrected chi connectivity index (χ4v) is 8.75. The first kappa shape index (κ1) is 38.4. The van der Waals surface area contributed by atoms with E-state index in [1.165, 1.54) is 23.2 Å². The molecule has 2 aromatic heterocycles. The van der Waals surface area contributed by atoms with Gasteiger partial charge in [0.15, 0.2) is 34.4 Å². The zero-order valence-electron chi connectivity index (χ0n) is 23.6. The van der Waals surface area contributed by atoms with E-state index in [4.69, 9.17) is 17.3 Å². The maximum absolute atomic E-state index is 13.1. The number of oxime groups is 1. The molecule has 2 aliphatic heterocycles. The Labute approximate surface area is 323 Å². The zero-order chi connectivity index (χ0) is 31.9. The molecule has 0 bridgehead atoms. The number of β-lactam (4-membered cyclic amide) rings is 1. The summed E-state index contributed by atoms with van der Waals surface area (Å²) in [7, 11) is 0. The molecule has 230 valence electrons. The van der Waals surface area contributed by atoms with Gasteiger partial charge in [-0.15, -0.1) is 46.2 Å². The van der Waals surface area contributed by atoms with E-state index in [-0.39, 0.29) is 102 Å². The Morgan fingerprint density at radius 3 is 2.59 bits per heavy atom. The molecule has 2 aliphatic rings. The average molecular weight is 744 g/mol. The van der Waals surface area contributed by atoms with Crippen molar-refractivity contribution in [3.63, 3.8) is 0 Å². The van der Waals surface area contributed by atoms with E-state index in [0.717, 1.165) is 45.4 Å². The van der Waals surface area contributed by atoms with E-state index < -0.39 is 64.4 Å². The summed E-state index contributed by atoms with van der Waals surface area (Å²) >= 11 is 10.4. The first-order valence-corrected chi connectivity index (χ1v) is 16.1. The summed E-state index contributed by atoms with van der Waals surface area (Å²) in [5.74, 6) is -5.85. The second-order valence-corrected chi connectivity index (χ2v) is 13.6. The van der Waals surface area contributed by atoms with Crippen molar-refractivity contribution in [2.45, 2.75) is 15.6 Å². The summed E-state index contributed by atoms with van der Waals surface area (Å²) in [5.41, 5.74) is 4.59. The van der Waals surface area contributed by atoms with Crippen molar-refractivity contribution >= 4 is 102 Å². The van der Waals surface area contributed by atoms with Gasteiger partial charge in [-0.3, -0.25) is 19.3 Å². The van der Waals surface area contributed by atoms with Crippen LogP contribution in [0.4, 0.5) is 5.13 Å². The van der Waals surface area contributed by atoms with E-state index in [0.29, 0.717) is 9.78 Å². The predicted molar refractivity (Wildman–Crippen MR) is 158 cm³/mol. The number of benzene rings is 1. The summed E-state index contributed by atoms with van der Waals surface area (Å²) in [6, 6.07) is 1.22. The molecule has 1 fully saturated rings. The number of hydrogen-bond acceptors (Lipinski definition) is 17. The van der Waals surface area contributed by atoms with Gasteiger partial charge < -0.3 is 45.9 Å². The van der Waals surface area contributed by atoms with E-state index in [1.807, 2.05) is 0 Å². The van der Waals surface area contributed by atoms with Gasteiger partial charge in [0.05, 0.1) is 26.5 Å². The molecule has 0 spiro atoms. The molecule has 1 aromatic carbocycles. The second kappa shape index (κ2) is 15.9. The fourth-order valence-electron chi connectivity index (χ4n) is 4.18. The van der Waals surface area contributed by atoms with Crippen LogP contribution in [0.5, 0.6) is 11.5 Å². The minimum atomic E-state index is -1.62. The molecule has 0 aliphatic carbocycles. The minimum absolute atomic E-state index is 0. The molecule has 0 unspecified atom stereocenters. The quantitative estimate of drug-likeness (QED) is 0.0377. The van der Waals surface area contributed by atoms with Gasteiger partial charge in [0, 0.05) is 28.3 Å². The Morgan fingerprint density at radius 2 is 1.96 bits per heavy atom. The molecule has 3 aromatic rings. The number of fused-ring (bicyclic) bond motifs is 2. The van der Waals surface area contributed by atoms with Gasteiger partial charge in [-0.2, -0.15) is 0 Å². The summed E-state index contributed by atoms with van der Waals surface area (Å²) in [4.78, 5) is 71.1. The molecule has 2 amide bonds. The molecule has 46 heavy (non-hydrogen) atoms. The fraction of sp³-hybridized carbons (Fsp3) is 0.208. The number of phenolic OH excluding ortho intramolecular Hbond substituents is 2. The molecule has 0 saturated carbocycles. The third kappa shape index (κ3) is 7.81. The van der Waals surface area contributed by atoms with Crippen molar-refractivity contribution in [1.29, 1.82) is 0 Å². The van der Waals surface area contributed by atoms with Crippen LogP contribution in [-0.4, -0.2) is 79.1 Å². The Morgan fingerprint density at radius 1 is 1.24 bits per heavy atom. The zero-order valence-corrected chi connectivity index (χ0v) is 31.6. The van der Waals surface area contributed by atoms with Crippen LogP contribution in [0.15, 0.2) is 42.9 Å². The molecular formula is C24H16ClN5Na2O10S4. The number of nitrogens with zero attached hydrogens (tertiary/aromatic N) is 3. The van der Waals surface area contributed by atoms with Crippen molar-refractivity contribution < 1.29 is 104 Å². The minimum Gasteiger partial charge on any atom is -0.546 e. The third-order valence-corrected chi connectivity index (χ3v) is 11.1. The summed E-state index contributed by atoms with van der Waals surface area (Å²) in [6.45, 7) is -0.958. The van der Waals surface area contributed by atoms with Crippen molar-refractivity contribution in [2.75, 3.05) is 23.8 Å². The average Bonchev–Trinajstić information content (AvgIpc) is 3.41. The molecule has 2 atom stereocenters. The predicted octanol–water partition coefficient (Wildman–Crippen LogP) is -6.96. The standard InChI is InChI=1S/C24H18ClN5O10S4.2Na/c25-14-18(35)11(32)1-8-10(31)2-13(44-19(8)14)41-4-7-5-42-22-16(21(37)30(22)17(7)23(38)39)28-20(36)15(29-40-3-12(33)34)9-6-43-24(26)27-9;;/h1-2,6,16,22,32,35H,3-5H2,(H2,26,27)(H,28,36)(H,33,34)(H,38,39);;/q;2*+1/p-2/b29-15-;;/t16-,22+;;/m1../s1. The van der Waals surface area contributed by atoms with Crippen LogP contribution in [0.2, 0.25) is 5.02 Å². The number of carboxylic acid groups (broad SMARTS) is 2. The number of nitrogens with two attached hydrogens (primary N) is 1. The molecular weight excluding hydrogens is 728 g/mol. The number of carboxylic acids is 2. The van der Waals surface area contributed by atoms with Crippen molar-refractivity contribution in [1.82, 2.24) is 15.2 Å². The van der Waals surface area contributed by atoms with Crippen LogP contribution in [0.25, 0.3) is 10.1 Å². The van der Waals surface area contributed by atoms with E-state index in [9.17, 15) is 44.4 Å². The van der Waals surface area contributed by atoms with Crippen LogP contribution in [-0.2, 0) is 24.0 Å². The Balaban J connectivity index is 0.00000288. The van der Waals surface area contributed by atoms with E-state index in [1.54, 1.807) is 0 Å². The van der Waals surface area contributed by atoms with Crippen molar-refractivity contribution in [3.8, 4) is 11.5 Å². The summed E-state index contributed by atoms with van der Waals surface area (Å²) in [6.07, 6.45) is 0. The number of hydrogen-bond donors (Lipinski definition) is 4. The summed E-state index contributed by atoms with van der Waals surface area (Å²) in [5, 5.41) is 49.1. The first-order valence-electron chi connectivity index (χ1n) is 12.0. The number of phenols is 2. The van der Waals surface area contributed by atoms with Gasteiger partial charge in [-0.05, 0) is 11.6 Å². The van der Waals surface area contributed by atoms with E-state index in [2.05, 4.69) is 20.3 Å². The number of aliphatic carboxylic acids is 2. The Kier molecular flexibility index (Phi) is 13.3. The summed E-state index contributed by atoms with van der Waals surface area (Å²) < 4.78 is 0.663. The normalized spacial score (nSPS) is 17.4. The van der Waals surface area contributed by atoms with Crippen molar-refractivity contribution in [3.05, 3.63) is 49.7 Å². The van der Waals surface area contributed by atoms with Gasteiger partial charge in [-0.25, -0.2) is 4.98 Å². The van der Waals surface area contributed by atoms with Crippen molar-refractivity contribution in [2.24, 2.45) is 5.16 Å². The number of aromatic nitrogens is 1. The maximum atomic E-state index is 13.1.